The number of amides is 1. The second kappa shape index (κ2) is 8.33. The first-order valence-electron chi connectivity index (χ1n) is 10.6. The zero-order chi connectivity index (χ0) is 23.1. The number of thiazole rings is 1. The Bertz CT molecular complexity index is 1440. The molecule has 7 heteroatoms. The Kier molecular flexibility index (Phi) is 5.34. The maximum Gasteiger partial charge on any atom is 0.325 e. The van der Waals surface area contributed by atoms with Crippen LogP contribution in [0.4, 0.5) is 0 Å². The summed E-state index contributed by atoms with van der Waals surface area (Å²) in [5.74, 6) is -0.00182. The summed E-state index contributed by atoms with van der Waals surface area (Å²) < 4.78 is 13.7. The zero-order valence-corrected chi connectivity index (χ0v) is 19.3. The fraction of sp³-hybridized carbons (Fsp3) is 0.192. The van der Waals surface area contributed by atoms with E-state index >= 15 is 0 Å². The predicted octanol–water partition coefficient (Wildman–Crippen LogP) is 4.86. The van der Waals surface area contributed by atoms with Crippen molar-refractivity contribution in [1.29, 1.82) is 0 Å². The summed E-state index contributed by atoms with van der Waals surface area (Å²) >= 11 is 1.40. The van der Waals surface area contributed by atoms with Gasteiger partial charge in [0.2, 0.25) is 0 Å². The number of rotatable bonds is 3. The van der Waals surface area contributed by atoms with E-state index in [1.54, 1.807) is 4.57 Å². The van der Waals surface area contributed by atoms with Crippen LogP contribution in [-0.4, -0.2) is 23.6 Å². The van der Waals surface area contributed by atoms with Crippen molar-refractivity contribution >= 4 is 33.4 Å². The standard InChI is InChI=1S/C26H22N2O4S/c1-15-12-16(2)24-19(13-15)28(14-22(29)31-3)26(33-24)27-25(30)23-17-8-4-6-10-20(17)32-21-11-7-5-9-18(21)23/h4-13,23H,14H2,1-3H3. The lowest BCUT2D eigenvalue weighted by molar-refractivity contribution is -0.141. The normalized spacial score (nSPS) is 13.4. The first-order chi connectivity index (χ1) is 16.0. The van der Waals surface area contributed by atoms with Gasteiger partial charge in [-0.1, -0.05) is 53.8 Å². The van der Waals surface area contributed by atoms with Gasteiger partial charge in [0.25, 0.3) is 5.91 Å². The van der Waals surface area contributed by atoms with Crippen molar-refractivity contribution in [2.24, 2.45) is 4.99 Å². The average Bonchev–Trinajstić information content (AvgIpc) is 3.14. The molecule has 0 aliphatic carbocycles. The number of aryl methyl sites for hydroxylation is 2. The van der Waals surface area contributed by atoms with Crippen molar-refractivity contribution in [2.75, 3.05) is 7.11 Å². The molecule has 0 fully saturated rings. The molecule has 0 atom stereocenters. The first-order valence-corrected chi connectivity index (χ1v) is 11.4. The summed E-state index contributed by atoms with van der Waals surface area (Å²) in [5, 5.41) is 0. The van der Waals surface area contributed by atoms with Crippen LogP contribution in [0.2, 0.25) is 0 Å². The second-order valence-corrected chi connectivity index (χ2v) is 9.02. The minimum absolute atomic E-state index is 0.0214. The Balaban J connectivity index is 1.70. The van der Waals surface area contributed by atoms with E-state index in [-0.39, 0.29) is 12.5 Å². The maximum absolute atomic E-state index is 13.7. The van der Waals surface area contributed by atoms with Gasteiger partial charge in [0, 0.05) is 11.1 Å². The number of benzene rings is 3. The molecule has 0 bridgehead atoms. The molecular formula is C26H22N2O4S. The van der Waals surface area contributed by atoms with E-state index in [0.717, 1.165) is 32.5 Å². The summed E-state index contributed by atoms with van der Waals surface area (Å²) in [4.78, 5) is 30.9. The van der Waals surface area contributed by atoms with E-state index in [9.17, 15) is 9.59 Å². The lowest BCUT2D eigenvalue weighted by atomic mass is 9.87. The van der Waals surface area contributed by atoms with Crippen molar-refractivity contribution in [1.82, 2.24) is 4.57 Å². The number of fused-ring (bicyclic) bond motifs is 3. The van der Waals surface area contributed by atoms with Crippen LogP contribution in [0.15, 0.2) is 65.7 Å². The van der Waals surface area contributed by atoms with Crippen molar-refractivity contribution in [2.45, 2.75) is 26.3 Å². The van der Waals surface area contributed by atoms with Gasteiger partial charge in [-0.2, -0.15) is 4.99 Å². The third-order valence-corrected chi connectivity index (χ3v) is 6.99. The Morgan fingerprint density at radius 3 is 2.30 bits per heavy atom. The van der Waals surface area contributed by atoms with Crippen LogP contribution in [0.25, 0.3) is 10.2 Å². The molecule has 166 valence electrons. The molecule has 1 amide bonds. The molecule has 0 saturated heterocycles. The smallest absolute Gasteiger partial charge is 0.325 e. The number of carbonyl (C=O) groups is 2. The molecule has 5 rings (SSSR count). The molecule has 6 nitrogen and oxygen atoms in total. The van der Waals surface area contributed by atoms with Gasteiger partial charge < -0.3 is 14.0 Å². The third kappa shape index (κ3) is 3.74. The van der Waals surface area contributed by atoms with Crippen molar-refractivity contribution in [3.05, 3.63) is 87.7 Å². The average molecular weight is 459 g/mol. The second-order valence-electron chi connectivity index (χ2n) is 8.04. The molecule has 0 N–H and O–H groups in total. The van der Waals surface area contributed by atoms with Gasteiger partial charge in [-0.15, -0.1) is 0 Å². The zero-order valence-electron chi connectivity index (χ0n) is 18.5. The molecule has 3 aromatic carbocycles. The van der Waals surface area contributed by atoms with Crippen LogP contribution < -0.4 is 9.54 Å². The van der Waals surface area contributed by atoms with Crippen molar-refractivity contribution in [3.8, 4) is 11.5 Å². The van der Waals surface area contributed by atoms with Gasteiger partial charge in [-0.05, 0) is 43.2 Å². The highest BCUT2D eigenvalue weighted by atomic mass is 32.1. The highest BCUT2D eigenvalue weighted by Crippen LogP contribution is 2.44. The van der Waals surface area contributed by atoms with Crippen LogP contribution >= 0.6 is 11.3 Å². The number of aromatic nitrogens is 1. The number of hydrogen-bond acceptors (Lipinski definition) is 5. The van der Waals surface area contributed by atoms with Crippen LogP contribution in [0.5, 0.6) is 11.5 Å². The van der Waals surface area contributed by atoms with E-state index in [2.05, 4.69) is 11.1 Å². The molecular weight excluding hydrogens is 436 g/mol. The fourth-order valence-corrected chi connectivity index (χ4v) is 5.36. The summed E-state index contributed by atoms with van der Waals surface area (Å²) in [6, 6.07) is 19.1. The van der Waals surface area contributed by atoms with E-state index in [0.29, 0.717) is 16.3 Å². The molecule has 0 saturated carbocycles. The number of carbonyl (C=O) groups excluding carboxylic acids is 2. The van der Waals surface area contributed by atoms with E-state index in [1.807, 2.05) is 68.4 Å². The minimum atomic E-state index is -0.592. The largest absolute Gasteiger partial charge is 0.468 e. The molecule has 1 aliphatic rings. The number of hydrogen-bond donors (Lipinski definition) is 0. The van der Waals surface area contributed by atoms with Gasteiger partial charge in [0.1, 0.15) is 18.0 Å². The maximum atomic E-state index is 13.7. The predicted molar refractivity (Wildman–Crippen MR) is 127 cm³/mol. The highest BCUT2D eigenvalue weighted by molar-refractivity contribution is 7.16. The fourth-order valence-electron chi connectivity index (χ4n) is 4.28. The molecule has 0 radical (unpaired) electrons. The summed E-state index contributed by atoms with van der Waals surface area (Å²) in [7, 11) is 1.35. The van der Waals surface area contributed by atoms with Gasteiger partial charge in [0.15, 0.2) is 4.80 Å². The summed E-state index contributed by atoms with van der Waals surface area (Å²) in [6.45, 7) is 4.00. The number of esters is 1. The summed E-state index contributed by atoms with van der Waals surface area (Å²) in [6.07, 6.45) is 0. The molecule has 4 aromatic rings. The Hall–Kier alpha value is -3.71. The number of nitrogens with zero attached hydrogens (tertiary/aromatic N) is 2. The highest BCUT2D eigenvalue weighted by Gasteiger charge is 2.32. The van der Waals surface area contributed by atoms with Crippen LogP contribution in [-0.2, 0) is 20.9 Å². The number of methoxy groups -OCH3 is 1. The SMILES string of the molecule is COC(=O)Cn1c(=NC(=O)C2c3ccccc3Oc3ccccc32)sc2c(C)cc(C)cc21. The Morgan fingerprint density at radius 2 is 1.67 bits per heavy atom. The van der Waals surface area contributed by atoms with Crippen LogP contribution in [0, 0.1) is 13.8 Å². The van der Waals surface area contributed by atoms with Gasteiger partial charge in [-0.25, -0.2) is 0 Å². The Labute approximate surface area is 194 Å². The number of ether oxygens (including phenoxy) is 2. The van der Waals surface area contributed by atoms with E-state index in [1.165, 1.54) is 18.4 Å². The molecule has 2 heterocycles. The van der Waals surface area contributed by atoms with Gasteiger partial charge in [0.05, 0.1) is 23.2 Å². The molecule has 0 spiro atoms. The van der Waals surface area contributed by atoms with Crippen LogP contribution in [0.3, 0.4) is 0 Å². The monoisotopic (exact) mass is 458 g/mol. The van der Waals surface area contributed by atoms with E-state index < -0.39 is 11.9 Å². The molecule has 1 aromatic heterocycles. The first kappa shape index (κ1) is 21.2. The summed E-state index contributed by atoms with van der Waals surface area (Å²) in [5.41, 5.74) is 4.56. The van der Waals surface area contributed by atoms with Crippen LogP contribution in [0.1, 0.15) is 28.2 Å². The topological polar surface area (TPSA) is 69.9 Å². The van der Waals surface area contributed by atoms with Gasteiger partial charge in [-0.3, -0.25) is 9.59 Å². The lowest BCUT2D eigenvalue weighted by Crippen LogP contribution is -2.25. The number of para-hydroxylation sites is 2. The Morgan fingerprint density at radius 1 is 1.03 bits per heavy atom. The van der Waals surface area contributed by atoms with Gasteiger partial charge >= 0.3 is 5.97 Å². The quantitative estimate of drug-likeness (QED) is 0.411. The lowest BCUT2D eigenvalue weighted by Gasteiger charge is -2.25. The van der Waals surface area contributed by atoms with E-state index in [4.69, 9.17) is 9.47 Å². The molecule has 1 aliphatic heterocycles. The van der Waals surface area contributed by atoms with Crippen molar-refractivity contribution < 1.29 is 19.1 Å². The molecule has 33 heavy (non-hydrogen) atoms. The van der Waals surface area contributed by atoms with Crippen molar-refractivity contribution in [3.63, 3.8) is 0 Å². The minimum Gasteiger partial charge on any atom is -0.468 e. The third-order valence-electron chi connectivity index (χ3n) is 5.76. The molecule has 0 unspecified atom stereocenters.